The standard InChI is InChI=1S/C20H24N4O2S/c1-2-23-6-8-24(9-7-23)20-19-15(5-12-27-19)13-17(22-20)16-3-4-18(21-14-16)26-11-10-25/h3-5,12-14,25H,2,6-11H2,1H3. The van der Waals surface area contributed by atoms with E-state index in [1.54, 1.807) is 17.5 Å². The lowest BCUT2D eigenvalue weighted by Crippen LogP contribution is -2.46. The molecule has 4 heterocycles. The Morgan fingerprint density at radius 2 is 2.04 bits per heavy atom. The molecule has 0 radical (unpaired) electrons. The van der Waals surface area contributed by atoms with Crippen molar-refractivity contribution in [3.05, 3.63) is 35.8 Å². The van der Waals surface area contributed by atoms with Crippen LogP contribution in [0, 0.1) is 0 Å². The molecule has 1 aliphatic heterocycles. The molecule has 0 saturated carbocycles. The number of aromatic nitrogens is 2. The average molecular weight is 385 g/mol. The van der Waals surface area contributed by atoms with Crippen LogP contribution in [-0.4, -0.2) is 65.9 Å². The molecule has 4 rings (SSSR count). The second kappa shape index (κ2) is 8.21. The summed E-state index contributed by atoms with van der Waals surface area (Å²) in [5.74, 6) is 1.59. The lowest BCUT2D eigenvalue weighted by molar-refractivity contribution is 0.196. The summed E-state index contributed by atoms with van der Waals surface area (Å²) in [5.41, 5.74) is 1.89. The van der Waals surface area contributed by atoms with Gasteiger partial charge in [0.25, 0.3) is 0 Å². The van der Waals surface area contributed by atoms with E-state index in [1.807, 2.05) is 12.1 Å². The predicted octanol–water partition coefficient (Wildman–Crippen LogP) is 2.87. The molecular weight excluding hydrogens is 360 g/mol. The van der Waals surface area contributed by atoms with E-state index in [0.29, 0.717) is 5.88 Å². The topological polar surface area (TPSA) is 61.7 Å². The van der Waals surface area contributed by atoms with Gasteiger partial charge in [0.2, 0.25) is 5.88 Å². The van der Waals surface area contributed by atoms with Crippen molar-refractivity contribution in [2.45, 2.75) is 6.92 Å². The number of anilines is 1. The molecule has 0 atom stereocenters. The van der Waals surface area contributed by atoms with E-state index in [4.69, 9.17) is 14.8 Å². The number of aliphatic hydroxyl groups excluding tert-OH is 1. The average Bonchev–Trinajstić information content (AvgIpc) is 3.21. The number of aliphatic hydroxyl groups is 1. The molecule has 0 aromatic carbocycles. The van der Waals surface area contributed by atoms with Crippen molar-refractivity contribution in [1.82, 2.24) is 14.9 Å². The Hall–Kier alpha value is -2.22. The van der Waals surface area contributed by atoms with Crippen LogP contribution in [0.3, 0.4) is 0 Å². The highest BCUT2D eigenvalue weighted by atomic mass is 32.1. The van der Waals surface area contributed by atoms with Crippen molar-refractivity contribution >= 4 is 27.2 Å². The highest BCUT2D eigenvalue weighted by Crippen LogP contribution is 2.34. The number of pyridine rings is 2. The lowest BCUT2D eigenvalue weighted by atomic mass is 10.1. The van der Waals surface area contributed by atoms with E-state index >= 15 is 0 Å². The van der Waals surface area contributed by atoms with Crippen molar-refractivity contribution in [2.75, 3.05) is 50.8 Å². The fraction of sp³-hybridized carbons (Fsp3) is 0.400. The first-order valence-electron chi connectivity index (χ1n) is 9.34. The maximum atomic E-state index is 8.86. The van der Waals surface area contributed by atoms with Crippen LogP contribution in [0.1, 0.15) is 6.92 Å². The van der Waals surface area contributed by atoms with Gasteiger partial charge in [0.15, 0.2) is 0 Å². The van der Waals surface area contributed by atoms with Crippen molar-refractivity contribution in [3.63, 3.8) is 0 Å². The summed E-state index contributed by atoms with van der Waals surface area (Å²) in [5, 5.41) is 12.2. The third kappa shape index (κ3) is 3.90. The number of rotatable bonds is 6. The Morgan fingerprint density at radius 1 is 1.19 bits per heavy atom. The van der Waals surface area contributed by atoms with Crippen LogP contribution in [0.15, 0.2) is 35.8 Å². The summed E-state index contributed by atoms with van der Waals surface area (Å²) >= 11 is 1.75. The van der Waals surface area contributed by atoms with E-state index < -0.39 is 0 Å². The highest BCUT2D eigenvalue weighted by Gasteiger charge is 2.20. The Kier molecular flexibility index (Phi) is 5.52. The first-order valence-corrected chi connectivity index (χ1v) is 10.2. The quantitative estimate of drug-likeness (QED) is 0.705. The molecule has 1 aliphatic rings. The summed E-state index contributed by atoms with van der Waals surface area (Å²) in [6, 6.07) is 8.08. The Bertz CT molecular complexity index is 889. The van der Waals surface area contributed by atoms with Crippen LogP contribution >= 0.6 is 11.3 Å². The van der Waals surface area contributed by atoms with Gasteiger partial charge in [-0.05, 0) is 35.5 Å². The van der Waals surface area contributed by atoms with Gasteiger partial charge in [-0.3, -0.25) is 0 Å². The van der Waals surface area contributed by atoms with Gasteiger partial charge in [0.05, 0.1) is 17.0 Å². The molecule has 6 nitrogen and oxygen atoms in total. The second-order valence-corrected chi connectivity index (χ2v) is 7.46. The minimum absolute atomic E-state index is 0.0194. The van der Waals surface area contributed by atoms with Gasteiger partial charge in [0.1, 0.15) is 12.4 Å². The zero-order valence-corrected chi connectivity index (χ0v) is 16.3. The Morgan fingerprint density at radius 3 is 2.74 bits per heavy atom. The third-order valence-electron chi connectivity index (χ3n) is 4.91. The zero-order valence-electron chi connectivity index (χ0n) is 15.5. The minimum Gasteiger partial charge on any atom is -0.475 e. The van der Waals surface area contributed by atoms with Gasteiger partial charge >= 0.3 is 0 Å². The molecule has 1 N–H and O–H groups in total. The number of hydrogen-bond donors (Lipinski definition) is 1. The summed E-state index contributed by atoms with van der Waals surface area (Å²) in [6.45, 7) is 7.71. The van der Waals surface area contributed by atoms with Crippen LogP contribution in [0.4, 0.5) is 5.82 Å². The largest absolute Gasteiger partial charge is 0.475 e. The summed E-state index contributed by atoms with van der Waals surface area (Å²) in [4.78, 5) is 14.2. The smallest absolute Gasteiger partial charge is 0.213 e. The number of ether oxygens (including phenoxy) is 1. The zero-order chi connectivity index (χ0) is 18.6. The first-order chi connectivity index (χ1) is 13.3. The number of thiophene rings is 1. The Labute approximate surface area is 163 Å². The van der Waals surface area contributed by atoms with Gasteiger partial charge in [-0.15, -0.1) is 11.3 Å². The molecule has 3 aromatic heterocycles. The number of hydrogen-bond acceptors (Lipinski definition) is 7. The lowest BCUT2D eigenvalue weighted by Gasteiger charge is -2.35. The third-order valence-corrected chi connectivity index (χ3v) is 5.84. The predicted molar refractivity (Wildman–Crippen MR) is 110 cm³/mol. The fourth-order valence-corrected chi connectivity index (χ4v) is 4.26. The maximum Gasteiger partial charge on any atom is 0.213 e. The number of piperazine rings is 1. The Balaban J connectivity index is 1.64. The van der Waals surface area contributed by atoms with Gasteiger partial charge in [-0.2, -0.15) is 0 Å². The molecule has 0 spiro atoms. The maximum absolute atomic E-state index is 8.86. The normalized spacial score (nSPS) is 15.4. The molecule has 1 fully saturated rings. The van der Waals surface area contributed by atoms with Crippen LogP contribution in [0.5, 0.6) is 5.88 Å². The molecule has 0 amide bonds. The van der Waals surface area contributed by atoms with Crippen LogP contribution in [0.2, 0.25) is 0 Å². The number of nitrogens with zero attached hydrogens (tertiary/aromatic N) is 4. The molecule has 0 unspecified atom stereocenters. The molecule has 7 heteroatoms. The van der Waals surface area contributed by atoms with Gasteiger partial charge in [-0.1, -0.05) is 6.92 Å². The summed E-state index contributed by atoms with van der Waals surface area (Å²) < 4.78 is 6.60. The number of likely N-dealkylation sites (N-methyl/N-ethyl adjacent to an activating group) is 1. The monoisotopic (exact) mass is 384 g/mol. The molecule has 0 aliphatic carbocycles. The highest BCUT2D eigenvalue weighted by molar-refractivity contribution is 7.17. The van der Waals surface area contributed by atoms with E-state index in [-0.39, 0.29) is 13.2 Å². The first kappa shape index (κ1) is 18.2. The van der Waals surface area contributed by atoms with Gasteiger partial charge in [0, 0.05) is 44.0 Å². The van der Waals surface area contributed by atoms with E-state index in [9.17, 15) is 0 Å². The van der Waals surface area contributed by atoms with Gasteiger partial charge in [-0.25, -0.2) is 9.97 Å². The van der Waals surface area contributed by atoms with Crippen LogP contribution < -0.4 is 9.64 Å². The minimum atomic E-state index is -0.0194. The van der Waals surface area contributed by atoms with Crippen LogP contribution in [-0.2, 0) is 0 Å². The van der Waals surface area contributed by atoms with Crippen LogP contribution in [0.25, 0.3) is 21.3 Å². The molecule has 1 saturated heterocycles. The van der Waals surface area contributed by atoms with E-state index in [0.717, 1.165) is 49.8 Å². The second-order valence-electron chi connectivity index (χ2n) is 6.55. The SMILES string of the molecule is CCN1CCN(c2nc(-c3ccc(OCCO)nc3)cc3ccsc23)CC1. The van der Waals surface area contributed by atoms with Crippen molar-refractivity contribution in [3.8, 4) is 17.1 Å². The summed E-state index contributed by atoms with van der Waals surface area (Å²) in [6.07, 6.45) is 1.78. The van der Waals surface area contributed by atoms with Crippen molar-refractivity contribution < 1.29 is 9.84 Å². The van der Waals surface area contributed by atoms with E-state index in [2.05, 4.69) is 39.2 Å². The molecule has 27 heavy (non-hydrogen) atoms. The van der Waals surface area contributed by atoms with E-state index in [1.165, 1.54) is 10.1 Å². The molecule has 0 bridgehead atoms. The van der Waals surface area contributed by atoms with Crippen molar-refractivity contribution in [1.29, 1.82) is 0 Å². The van der Waals surface area contributed by atoms with Crippen molar-refractivity contribution in [2.24, 2.45) is 0 Å². The fourth-order valence-electron chi connectivity index (χ4n) is 3.36. The molecule has 3 aromatic rings. The molecular formula is C20H24N4O2S. The number of fused-ring (bicyclic) bond motifs is 1. The van der Waals surface area contributed by atoms with Gasteiger partial charge < -0.3 is 19.6 Å². The molecule has 142 valence electrons. The summed E-state index contributed by atoms with van der Waals surface area (Å²) in [7, 11) is 0.